The molecule has 20 heavy (non-hydrogen) atoms. The number of carbonyl (C=O) groups is 1. The van der Waals surface area contributed by atoms with Gasteiger partial charge in [0.25, 0.3) is 0 Å². The molecule has 0 spiro atoms. The molecule has 0 radical (unpaired) electrons. The number of carbonyl (C=O) groups excluding carboxylic acids is 1. The Hall–Kier alpha value is -1.40. The number of likely N-dealkylation sites (N-methyl/N-ethyl adjacent to an activating group) is 1. The fourth-order valence-corrected chi connectivity index (χ4v) is 3.03. The average Bonchev–Trinajstić information content (AvgIpc) is 2.50. The molecule has 1 aliphatic rings. The van der Waals surface area contributed by atoms with Crippen LogP contribution in [0.3, 0.4) is 0 Å². The van der Waals surface area contributed by atoms with E-state index >= 15 is 0 Å². The Labute approximate surface area is 120 Å². The molecule has 0 unspecified atom stereocenters. The maximum atomic E-state index is 12.2. The fraction of sp³-hybridized carbons (Fsp3) is 0.500. The molecular formula is C14H20N2O3S. The number of benzene rings is 1. The Balaban J connectivity index is 2.21. The Morgan fingerprint density at radius 2 is 1.95 bits per heavy atom. The highest BCUT2D eigenvalue weighted by Gasteiger charge is 2.42. The molecule has 0 atom stereocenters. The van der Waals surface area contributed by atoms with Gasteiger partial charge in [-0.05, 0) is 37.5 Å². The van der Waals surface area contributed by atoms with Gasteiger partial charge in [0.05, 0.1) is 11.7 Å². The second-order valence-corrected chi connectivity index (χ2v) is 7.59. The van der Waals surface area contributed by atoms with E-state index in [1.165, 1.54) is 0 Å². The molecule has 5 nitrogen and oxygen atoms in total. The largest absolute Gasteiger partial charge is 0.314 e. The Morgan fingerprint density at radius 3 is 2.55 bits per heavy atom. The van der Waals surface area contributed by atoms with Gasteiger partial charge in [-0.15, -0.1) is 0 Å². The number of rotatable bonds is 4. The van der Waals surface area contributed by atoms with Crippen LogP contribution in [0.25, 0.3) is 0 Å². The van der Waals surface area contributed by atoms with Crippen molar-refractivity contribution in [3.8, 4) is 0 Å². The number of nitrogens with one attached hydrogen (secondary N) is 1. The number of fused-ring (bicyclic) bond motifs is 1. The molecule has 6 heteroatoms. The molecule has 1 aromatic carbocycles. The van der Waals surface area contributed by atoms with Gasteiger partial charge in [0, 0.05) is 19.3 Å². The third-order valence-electron chi connectivity index (χ3n) is 3.71. The van der Waals surface area contributed by atoms with E-state index in [2.05, 4.69) is 4.72 Å². The van der Waals surface area contributed by atoms with Crippen molar-refractivity contribution in [3.63, 3.8) is 0 Å². The summed E-state index contributed by atoms with van der Waals surface area (Å²) in [5.41, 5.74) is 2.43. The molecule has 0 saturated carbocycles. The van der Waals surface area contributed by atoms with Crippen LogP contribution in [0, 0.1) is 0 Å². The fourth-order valence-electron chi connectivity index (χ4n) is 2.56. The van der Waals surface area contributed by atoms with Gasteiger partial charge in [0.2, 0.25) is 15.9 Å². The van der Waals surface area contributed by atoms with Crippen LogP contribution in [0.15, 0.2) is 18.2 Å². The van der Waals surface area contributed by atoms with E-state index in [0.29, 0.717) is 13.0 Å². The summed E-state index contributed by atoms with van der Waals surface area (Å²) in [5.74, 6) is 0.0823. The number of anilines is 1. The first-order chi connectivity index (χ1) is 9.13. The molecule has 0 fully saturated rings. The molecule has 1 N–H and O–H groups in total. The lowest BCUT2D eigenvalue weighted by Crippen LogP contribution is -2.33. The van der Waals surface area contributed by atoms with Crippen LogP contribution in [0.2, 0.25) is 0 Å². The quantitative estimate of drug-likeness (QED) is 0.902. The third kappa shape index (κ3) is 2.71. The van der Waals surface area contributed by atoms with Crippen molar-refractivity contribution < 1.29 is 13.2 Å². The Kier molecular flexibility index (Phi) is 3.64. The average molecular weight is 296 g/mol. The van der Waals surface area contributed by atoms with Crippen LogP contribution in [0.4, 0.5) is 5.69 Å². The summed E-state index contributed by atoms with van der Waals surface area (Å²) in [6.07, 6.45) is 1.75. The smallest absolute Gasteiger partial charge is 0.236 e. The van der Waals surface area contributed by atoms with Gasteiger partial charge in [0.1, 0.15) is 0 Å². The van der Waals surface area contributed by atoms with Crippen molar-refractivity contribution in [1.29, 1.82) is 0 Å². The summed E-state index contributed by atoms with van der Waals surface area (Å²) in [5, 5.41) is 0. The standard InChI is InChI=1S/C14H20N2O3S/c1-14(2)11-9-10(7-8-15-20(4,18)19)5-6-12(11)16(3)13(14)17/h5-6,9,15H,7-8H2,1-4H3. The van der Waals surface area contributed by atoms with Crippen molar-refractivity contribution in [3.05, 3.63) is 29.3 Å². The third-order valence-corrected chi connectivity index (χ3v) is 4.44. The first-order valence-corrected chi connectivity index (χ1v) is 8.38. The van der Waals surface area contributed by atoms with Gasteiger partial charge in [0.15, 0.2) is 0 Å². The monoisotopic (exact) mass is 296 g/mol. The molecule has 1 aromatic rings. The van der Waals surface area contributed by atoms with E-state index in [0.717, 1.165) is 23.1 Å². The molecule has 1 aliphatic heterocycles. The molecule has 1 heterocycles. The Morgan fingerprint density at radius 1 is 1.30 bits per heavy atom. The van der Waals surface area contributed by atoms with Crippen LogP contribution in [0.5, 0.6) is 0 Å². The molecule has 0 bridgehead atoms. The number of hydrogen-bond acceptors (Lipinski definition) is 3. The first kappa shape index (κ1) is 15.0. The van der Waals surface area contributed by atoms with Gasteiger partial charge in [-0.2, -0.15) is 0 Å². The van der Waals surface area contributed by atoms with Gasteiger partial charge in [-0.25, -0.2) is 13.1 Å². The molecular weight excluding hydrogens is 276 g/mol. The van der Waals surface area contributed by atoms with Gasteiger partial charge in [-0.3, -0.25) is 4.79 Å². The van der Waals surface area contributed by atoms with E-state index in [1.54, 1.807) is 11.9 Å². The number of hydrogen-bond donors (Lipinski definition) is 1. The highest BCUT2D eigenvalue weighted by Crippen LogP contribution is 2.40. The van der Waals surface area contributed by atoms with Gasteiger partial charge < -0.3 is 4.90 Å². The lowest BCUT2D eigenvalue weighted by atomic mass is 9.85. The molecule has 0 aromatic heterocycles. The summed E-state index contributed by atoms with van der Waals surface area (Å²) < 4.78 is 24.5. The molecule has 2 rings (SSSR count). The van der Waals surface area contributed by atoms with Crippen molar-refractivity contribution >= 4 is 21.6 Å². The Bertz CT molecular complexity index is 650. The van der Waals surface area contributed by atoms with Crippen molar-refractivity contribution in [2.45, 2.75) is 25.7 Å². The summed E-state index contributed by atoms with van der Waals surface area (Å²) in [6.45, 7) is 4.19. The SMILES string of the molecule is CN1C(=O)C(C)(C)c2cc(CCNS(C)(=O)=O)ccc21. The van der Waals surface area contributed by atoms with Crippen LogP contribution in [0.1, 0.15) is 25.0 Å². The predicted molar refractivity (Wildman–Crippen MR) is 79.4 cm³/mol. The number of amides is 1. The highest BCUT2D eigenvalue weighted by atomic mass is 32.2. The highest BCUT2D eigenvalue weighted by molar-refractivity contribution is 7.88. The zero-order valence-electron chi connectivity index (χ0n) is 12.2. The van der Waals surface area contributed by atoms with E-state index in [4.69, 9.17) is 0 Å². The maximum Gasteiger partial charge on any atom is 0.236 e. The van der Waals surface area contributed by atoms with E-state index < -0.39 is 15.4 Å². The van der Waals surface area contributed by atoms with Crippen molar-refractivity contribution in [2.75, 3.05) is 24.7 Å². The minimum Gasteiger partial charge on any atom is -0.314 e. The number of nitrogens with zero attached hydrogens (tertiary/aromatic N) is 1. The first-order valence-electron chi connectivity index (χ1n) is 6.49. The number of sulfonamides is 1. The zero-order chi connectivity index (χ0) is 15.1. The normalized spacial score (nSPS) is 17.4. The second kappa shape index (κ2) is 4.86. The van der Waals surface area contributed by atoms with Crippen LogP contribution in [-0.2, 0) is 26.7 Å². The van der Waals surface area contributed by atoms with Crippen LogP contribution in [-0.4, -0.2) is 34.2 Å². The summed E-state index contributed by atoms with van der Waals surface area (Å²) in [6, 6.07) is 5.87. The second-order valence-electron chi connectivity index (χ2n) is 5.76. The molecule has 110 valence electrons. The predicted octanol–water partition coefficient (Wildman–Crippen LogP) is 1.03. The maximum absolute atomic E-state index is 12.2. The lowest BCUT2D eigenvalue weighted by molar-refractivity contribution is -0.121. The zero-order valence-corrected chi connectivity index (χ0v) is 13.0. The van der Waals surface area contributed by atoms with Gasteiger partial charge >= 0.3 is 0 Å². The van der Waals surface area contributed by atoms with Gasteiger partial charge in [-0.1, -0.05) is 12.1 Å². The van der Waals surface area contributed by atoms with Crippen molar-refractivity contribution in [2.24, 2.45) is 0 Å². The van der Waals surface area contributed by atoms with E-state index in [9.17, 15) is 13.2 Å². The topological polar surface area (TPSA) is 66.5 Å². The summed E-state index contributed by atoms with van der Waals surface area (Å²) in [4.78, 5) is 13.8. The van der Waals surface area contributed by atoms with E-state index in [1.807, 2.05) is 32.0 Å². The molecule has 0 saturated heterocycles. The van der Waals surface area contributed by atoms with Crippen molar-refractivity contribution in [1.82, 2.24) is 4.72 Å². The summed E-state index contributed by atoms with van der Waals surface area (Å²) >= 11 is 0. The van der Waals surface area contributed by atoms with E-state index in [-0.39, 0.29) is 5.91 Å². The minimum atomic E-state index is -3.16. The molecule has 0 aliphatic carbocycles. The minimum absolute atomic E-state index is 0.0823. The lowest BCUT2D eigenvalue weighted by Gasteiger charge is -2.16. The molecule has 1 amide bonds. The van der Waals surface area contributed by atoms with Crippen LogP contribution >= 0.6 is 0 Å². The summed E-state index contributed by atoms with van der Waals surface area (Å²) in [7, 11) is -1.38. The van der Waals surface area contributed by atoms with Crippen LogP contribution < -0.4 is 9.62 Å².